The predicted octanol–water partition coefficient (Wildman–Crippen LogP) is 0.855. The van der Waals surface area contributed by atoms with E-state index in [0.717, 1.165) is 38.2 Å². The van der Waals surface area contributed by atoms with Crippen LogP contribution in [0.2, 0.25) is 0 Å². The Morgan fingerprint density at radius 1 is 1.62 bits per heavy atom. The van der Waals surface area contributed by atoms with Crippen LogP contribution in [-0.4, -0.2) is 30.6 Å². The summed E-state index contributed by atoms with van der Waals surface area (Å²) in [5.74, 6) is 1.07. The van der Waals surface area contributed by atoms with Crippen LogP contribution in [0.3, 0.4) is 0 Å². The number of rotatable bonds is 3. The predicted molar refractivity (Wildman–Crippen MR) is 51.4 cm³/mol. The molecule has 13 heavy (non-hydrogen) atoms. The van der Waals surface area contributed by atoms with Crippen molar-refractivity contribution in [1.82, 2.24) is 4.90 Å². The minimum absolute atomic E-state index is 0.386. The average Bonchev–Trinajstić information content (AvgIpc) is 2.71. The minimum Gasteiger partial charge on any atom is -0.469 e. The highest BCUT2D eigenvalue weighted by Gasteiger charge is 2.18. The van der Waals surface area contributed by atoms with Gasteiger partial charge >= 0.3 is 0 Å². The van der Waals surface area contributed by atoms with Crippen LogP contribution in [0.15, 0.2) is 22.8 Å². The van der Waals surface area contributed by atoms with E-state index in [1.165, 1.54) is 0 Å². The maximum atomic E-state index is 5.81. The summed E-state index contributed by atoms with van der Waals surface area (Å²) in [6.45, 7) is 3.25. The highest BCUT2D eigenvalue weighted by Crippen LogP contribution is 2.08. The zero-order valence-corrected chi connectivity index (χ0v) is 7.78. The summed E-state index contributed by atoms with van der Waals surface area (Å²) in [4.78, 5) is 2.40. The van der Waals surface area contributed by atoms with Gasteiger partial charge in [0.05, 0.1) is 6.26 Å². The van der Waals surface area contributed by atoms with Gasteiger partial charge in [-0.25, -0.2) is 0 Å². The molecule has 0 radical (unpaired) electrons. The second-order valence-corrected chi connectivity index (χ2v) is 3.68. The first kappa shape index (κ1) is 8.78. The molecule has 1 unspecified atom stereocenters. The number of nitrogens with zero attached hydrogens (tertiary/aromatic N) is 1. The molecule has 0 amide bonds. The fourth-order valence-corrected chi connectivity index (χ4v) is 1.79. The fourth-order valence-electron chi connectivity index (χ4n) is 1.79. The van der Waals surface area contributed by atoms with Crippen LogP contribution in [0.4, 0.5) is 0 Å². The Bertz CT molecular complexity index is 245. The van der Waals surface area contributed by atoms with Crippen LogP contribution >= 0.6 is 0 Å². The van der Waals surface area contributed by atoms with Gasteiger partial charge in [0.25, 0.3) is 0 Å². The van der Waals surface area contributed by atoms with Gasteiger partial charge in [0.15, 0.2) is 0 Å². The second-order valence-electron chi connectivity index (χ2n) is 3.68. The van der Waals surface area contributed by atoms with Gasteiger partial charge in [-0.05, 0) is 25.1 Å². The summed E-state index contributed by atoms with van der Waals surface area (Å²) < 4.78 is 5.26. The molecule has 3 heteroatoms. The third-order valence-electron chi connectivity index (χ3n) is 2.56. The number of likely N-dealkylation sites (tertiary alicyclic amines) is 1. The molecule has 72 valence electrons. The fraction of sp³-hybridized carbons (Fsp3) is 0.600. The Morgan fingerprint density at radius 3 is 3.15 bits per heavy atom. The highest BCUT2D eigenvalue weighted by molar-refractivity contribution is 4.98. The van der Waals surface area contributed by atoms with Crippen molar-refractivity contribution in [2.75, 3.05) is 19.6 Å². The molecule has 1 aliphatic heterocycles. The standard InChI is InChI=1S/C10H16N2O/c11-9-3-5-12(8-9)6-4-10-2-1-7-13-10/h1-2,7,9H,3-6,8,11H2. The van der Waals surface area contributed by atoms with Crippen molar-refractivity contribution in [2.24, 2.45) is 5.73 Å². The number of hydrogen-bond acceptors (Lipinski definition) is 3. The molecule has 0 aromatic carbocycles. The molecule has 0 bridgehead atoms. The number of nitrogens with two attached hydrogens (primary N) is 1. The van der Waals surface area contributed by atoms with Crippen molar-refractivity contribution in [3.63, 3.8) is 0 Å². The maximum Gasteiger partial charge on any atom is 0.105 e. The van der Waals surface area contributed by atoms with Gasteiger partial charge in [-0.2, -0.15) is 0 Å². The first-order valence-electron chi connectivity index (χ1n) is 4.85. The third-order valence-corrected chi connectivity index (χ3v) is 2.56. The van der Waals surface area contributed by atoms with Crippen LogP contribution in [0.25, 0.3) is 0 Å². The molecule has 1 saturated heterocycles. The quantitative estimate of drug-likeness (QED) is 0.750. The van der Waals surface area contributed by atoms with Crippen LogP contribution < -0.4 is 5.73 Å². The van der Waals surface area contributed by atoms with E-state index in [-0.39, 0.29) is 0 Å². The summed E-state index contributed by atoms with van der Waals surface area (Å²) in [5, 5.41) is 0. The molecule has 1 atom stereocenters. The van der Waals surface area contributed by atoms with Crippen molar-refractivity contribution < 1.29 is 4.42 Å². The molecule has 1 aromatic rings. The first-order valence-corrected chi connectivity index (χ1v) is 4.85. The Kier molecular flexibility index (Phi) is 2.66. The molecule has 0 saturated carbocycles. The molecule has 2 N–H and O–H groups in total. The highest BCUT2D eigenvalue weighted by atomic mass is 16.3. The number of furan rings is 1. The van der Waals surface area contributed by atoms with Crippen molar-refractivity contribution in [2.45, 2.75) is 18.9 Å². The molecule has 1 aliphatic rings. The second kappa shape index (κ2) is 3.94. The van der Waals surface area contributed by atoms with E-state index in [0.29, 0.717) is 6.04 Å². The lowest BCUT2D eigenvalue weighted by Crippen LogP contribution is -2.28. The van der Waals surface area contributed by atoms with E-state index in [9.17, 15) is 0 Å². The molecular formula is C10H16N2O. The Balaban J connectivity index is 1.74. The zero-order valence-electron chi connectivity index (χ0n) is 7.78. The summed E-state index contributed by atoms with van der Waals surface area (Å²) in [6.07, 6.45) is 3.86. The van der Waals surface area contributed by atoms with E-state index in [1.807, 2.05) is 12.1 Å². The first-order chi connectivity index (χ1) is 6.34. The lowest BCUT2D eigenvalue weighted by atomic mass is 10.3. The van der Waals surface area contributed by atoms with Gasteiger partial charge in [-0.15, -0.1) is 0 Å². The van der Waals surface area contributed by atoms with Gasteiger partial charge in [-0.1, -0.05) is 0 Å². The Morgan fingerprint density at radius 2 is 2.54 bits per heavy atom. The molecule has 1 fully saturated rings. The summed E-state index contributed by atoms with van der Waals surface area (Å²) in [5.41, 5.74) is 5.81. The van der Waals surface area contributed by atoms with E-state index in [2.05, 4.69) is 4.90 Å². The van der Waals surface area contributed by atoms with E-state index >= 15 is 0 Å². The van der Waals surface area contributed by atoms with E-state index in [1.54, 1.807) is 6.26 Å². The monoisotopic (exact) mass is 180 g/mol. The zero-order chi connectivity index (χ0) is 9.10. The smallest absolute Gasteiger partial charge is 0.105 e. The van der Waals surface area contributed by atoms with Crippen LogP contribution in [0.1, 0.15) is 12.2 Å². The van der Waals surface area contributed by atoms with Crippen molar-refractivity contribution in [3.05, 3.63) is 24.2 Å². The molecule has 2 heterocycles. The van der Waals surface area contributed by atoms with Gasteiger partial charge in [-0.3, -0.25) is 0 Å². The molecule has 1 aromatic heterocycles. The largest absolute Gasteiger partial charge is 0.469 e. The molecular weight excluding hydrogens is 164 g/mol. The number of hydrogen-bond donors (Lipinski definition) is 1. The van der Waals surface area contributed by atoms with Crippen molar-refractivity contribution in [1.29, 1.82) is 0 Å². The Hall–Kier alpha value is -0.800. The van der Waals surface area contributed by atoms with E-state index in [4.69, 9.17) is 10.2 Å². The van der Waals surface area contributed by atoms with E-state index < -0.39 is 0 Å². The van der Waals surface area contributed by atoms with Gasteiger partial charge in [0, 0.05) is 25.6 Å². The van der Waals surface area contributed by atoms with Crippen molar-refractivity contribution in [3.8, 4) is 0 Å². The summed E-state index contributed by atoms with van der Waals surface area (Å²) >= 11 is 0. The molecule has 2 rings (SSSR count). The lowest BCUT2D eigenvalue weighted by molar-refractivity contribution is 0.327. The van der Waals surface area contributed by atoms with Gasteiger partial charge < -0.3 is 15.1 Å². The topological polar surface area (TPSA) is 42.4 Å². The normalized spacial score (nSPS) is 23.9. The Labute approximate surface area is 78.5 Å². The molecule has 0 aliphatic carbocycles. The molecule has 3 nitrogen and oxygen atoms in total. The van der Waals surface area contributed by atoms with Crippen LogP contribution in [-0.2, 0) is 6.42 Å². The van der Waals surface area contributed by atoms with Gasteiger partial charge in [0.2, 0.25) is 0 Å². The van der Waals surface area contributed by atoms with Crippen molar-refractivity contribution >= 4 is 0 Å². The van der Waals surface area contributed by atoms with Gasteiger partial charge in [0.1, 0.15) is 5.76 Å². The summed E-state index contributed by atoms with van der Waals surface area (Å²) in [7, 11) is 0. The van der Waals surface area contributed by atoms with Crippen LogP contribution in [0.5, 0.6) is 0 Å². The third kappa shape index (κ3) is 2.32. The SMILES string of the molecule is NC1CCN(CCc2ccco2)C1. The van der Waals surface area contributed by atoms with Crippen LogP contribution in [0, 0.1) is 0 Å². The molecule has 0 spiro atoms. The average molecular weight is 180 g/mol. The summed E-state index contributed by atoms with van der Waals surface area (Å²) in [6, 6.07) is 4.35. The lowest BCUT2D eigenvalue weighted by Gasteiger charge is -2.13. The maximum absolute atomic E-state index is 5.81. The minimum atomic E-state index is 0.386.